The molecule has 1 fully saturated rings. The third kappa shape index (κ3) is 3.66. The molecule has 0 aromatic heterocycles. The first kappa shape index (κ1) is 15.2. The van der Waals surface area contributed by atoms with E-state index in [0.29, 0.717) is 35.3 Å². The predicted molar refractivity (Wildman–Crippen MR) is 80.1 cm³/mol. The van der Waals surface area contributed by atoms with Crippen LogP contribution in [0.15, 0.2) is 12.1 Å². The minimum absolute atomic E-state index is 0.147. The number of Topliss-reactive ketones (excluding diaryl/α,β-unsaturated/α-hetero) is 1. The lowest BCUT2D eigenvalue weighted by Crippen LogP contribution is -2.08. The summed E-state index contributed by atoms with van der Waals surface area (Å²) < 4.78 is 11.3. The minimum Gasteiger partial charge on any atom is -0.493 e. The van der Waals surface area contributed by atoms with Crippen LogP contribution in [0.1, 0.15) is 49.9 Å². The van der Waals surface area contributed by atoms with Crippen LogP contribution in [0.2, 0.25) is 5.02 Å². The molecule has 0 bridgehead atoms. The van der Waals surface area contributed by atoms with Gasteiger partial charge in [0.15, 0.2) is 5.78 Å². The third-order valence-electron chi connectivity index (χ3n) is 3.17. The van der Waals surface area contributed by atoms with Crippen LogP contribution < -0.4 is 9.47 Å². The van der Waals surface area contributed by atoms with E-state index >= 15 is 0 Å². The number of halogens is 1. The summed E-state index contributed by atoms with van der Waals surface area (Å²) in [6.45, 7) is 5.23. The Kier molecular flexibility index (Phi) is 5.30. The average Bonchev–Trinajstić information content (AvgIpc) is 3.27. The molecule has 3 nitrogen and oxygen atoms in total. The standard InChI is InChI=1S/C16H21ClO3/c1-3-7-19-14-10-13(17)15(20-8-4-2)9-12(14)16(18)11-5-6-11/h9-11H,3-8H2,1-2H3. The summed E-state index contributed by atoms with van der Waals surface area (Å²) >= 11 is 6.20. The topological polar surface area (TPSA) is 35.5 Å². The van der Waals surface area contributed by atoms with Crippen LogP contribution >= 0.6 is 11.6 Å². The molecule has 0 aliphatic heterocycles. The van der Waals surface area contributed by atoms with E-state index in [2.05, 4.69) is 0 Å². The summed E-state index contributed by atoms with van der Waals surface area (Å²) in [6.07, 6.45) is 3.73. The second-order valence-corrected chi connectivity index (χ2v) is 5.52. The lowest BCUT2D eigenvalue weighted by molar-refractivity contribution is 0.0963. The molecule has 1 saturated carbocycles. The first-order valence-electron chi connectivity index (χ1n) is 7.30. The molecule has 1 aromatic rings. The first-order valence-corrected chi connectivity index (χ1v) is 7.68. The van der Waals surface area contributed by atoms with Gasteiger partial charge in [-0.1, -0.05) is 25.4 Å². The first-order chi connectivity index (χ1) is 9.67. The van der Waals surface area contributed by atoms with Crippen LogP contribution in [0.3, 0.4) is 0 Å². The van der Waals surface area contributed by atoms with E-state index in [0.717, 1.165) is 25.7 Å². The number of carbonyl (C=O) groups is 1. The molecule has 0 heterocycles. The molecule has 0 amide bonds. The van der Waals surface area contributed by atoms with Crippen LogP contribution in [-0.4, -0.2) is 19.0 Å². The minimum atomic E-state index is 0.147. The van der Waals surface area contributed by atoms with E-state index < -0.39 is 0 Å². The van der Waals surface area contributed by atoms with E-state index in [-0.39, 0.29) is 11.7 Å². The van der Waals surface area contributed by atoms with Crippen molar-refractivity contribution in [3.05, 3.63) is 22.7 Å². The van der Waals surface area contributed by atoms with E-state index in [1.165, 1.54) is 0 Å². The van der Waals surface area contributed by atoms with Crippen molar-refractivity contribution in [2.24, 2.45) is 5.92 Å². The second-order valence-electron chi connectivity index (χ2n) is 5.11. The van der Waals surface area contributed by atoms with Crippen molar-refractivity contribution < 1.29 is 14.3 Å². The Labute approximate surface area is 125 Å². The van der Waals surface area contributed by atoms with E-state index in [1.54, 1.807) is 12.1 Å². The van der Waals surface area contributed by atoms with Crippen molar-refractivity contribution in [2.45, 2.75) is 39.5 Å². The van der Waals surface area contributed by atoms with Gasteiger partial charge in [-0.25, -0.2) is 0 Å². The normalized spacial score (nSPS) is 14.2. The number of benzene rings is 1. The summed E-state index contributed by atoms with van der Waals surface area (Å²) in [5.41, 5.74) is 0.608. The third-order valence-corrected chi connectivity index (χ3v) is 3.47. The van der Waals surface area contributed by atoms with Gasteiger partial charge in [0.2, 0.25) is 0 Å². The molecule has 0 unspecified atom stereocenters. The van der Waals surface area contributed by atoms with E-state index in [9.17, 15) is 4.79 Å². The number of carbonyl (C=O) groups excluding carboxylic acids is 1. The van der Waals surface area contributed by atoms with Gasteiger partial charge in [0.05, 0.1) is 23.8 Å². The summed E-state index contributed by atoms with van der Waals surface area (Å²) in [5.74, 6) is 1.45. The van der Waals surface area contributed by atoms with E-state index in [4.69, 9.17) is 21.1 Å². The quantitative estimate of drug-likeness (QED) is 0.662. The van der Waals surface area contributed by atoms with Gasteiger partial charge in [0.1, 0.15) is 11.5 Å². The Bertz CT molecular complexity index is 481. The molecule has 110 valence electrons. The highest BCUT2D eigenvalue weighted by Gasteiger charge is 2.32. The van der Waals surface area contributed by atoms with Gasteiger partial charge in [-0.2, -0.15) is 0 Å². The maximum Gasteiger partial charge on any atom is 0.169 e. The summed E-state index contributed by atoms with van der Waals surface area (Å²) in [4.78, 5) is 12.3. The zero-order valence-electron chi connectivity index (χ0n) is 12.1. The fourth-order valence-corrected chi connectivity index (χ4v) is 2.16. The highest BCUT2D eigenvalue weighted by atomic mass is 35.5. The number of ether oxygens (including phenoxy) is 2. The Morgan fingerprint density at radius 2 is 1.75 bits per heavy atom. The van der Waals surface area contributed by atoms with Crippen molar-refractivity contribution in [2.75, 3.05) is 13.2 Å². The molecule has 0 N–H and O–H groups in total. The van der Waals surface area contributed by atoms with Crippen LogP contribution in [0.5, 0.6) is 11.5 Å². The highest BCUT2D eigenvalue weighted by molar-refractivity contribution is 6.32. The second kappa shape index (κ2) is 6.98. The number of ketones is 1. The number of rotatable bonds is 8. The number of hydrogen-bond acceptors (Lipinski definition) is 3. The maximum absolute atomic E-state index is 12.3. The van der Waals surface area contributed by atoms with Crippen molar-refractivity contribution in [1.82, 2.24) is 0 Å². The average molecular weight is 297 g/mol. The molecule has 1 aliphatic carbocycles. The maximum atomic E-state index is 12.3. The SMILES string of the molecule is CCCOc1cc(C(=O)C2CC2)c(OCCC)cc1Cl. The molecule has 0 radical (unpaired) electrons. The van der Waals surface area contributed by atoms with Gasteiger partial charge in [-0.15, -0.1) is 0 Å². The van der Waals surface area contributed by atoms with Crippen LogP contribution in [0.25, 0.3) is 0 Å². The van der Waals surface area contributed by atoms with Crippen LogP contribution in [-0.2, 0) is 0 Å². The fourth-order valence-electron chi connectivity index (χ4n) is 1.95. The Balaban J connectivity index is 2.28. The predicted octanol–water partition coefficient (Wildman–Crippen LogP) is 4.51. The molecule has 4 heteroatoms. The van der Waals surface area contributed by atoms with Gasteiger partial charge in [0.25, 0.3) is 0 Å². The smallest absolute Gasteiger partial charge is 0.169 e. The summed E-state index contributed by atoms with van der Waals surface area (Å²) in [5, 5.41) is 0.497. The van der Waals surface area contributed by atoms with Gasteiger partial charge in [-0.3, -0.25) is 4.79 Å². The Morgan fingerprint density at radius 1 is 1.15 bits per heavy atom. The zero-order chi connectivity index (χ0) is 14.5. The molecule has 1 aliphatic rings. The fraction of sp³-hybridized carbons (Fsp3) is 0.562. The van der Waals surface area contributed by atoms with Gasteiger partial charge < -0.3 is 9.47 Å². The molecule has 0 atom stereocenters. The molecular weight excluding hydrogens is 276 g/mol. The van der Waals surface area contributed by atoms with Gasteiger partial charge >= 0.3 is 0 Å². The monoisotopic (exact) mass is 296 g/mol. The van der Waals surface area contributed by atoms with Crippen molar-refractivity contribution >= 4 is 17.4 Å². The Morgan fingerprint density at radius 3 is 2.30 bits per heavy atom. The lowest BCUT2D eigenvalue weighted by atomic mass is 10.1. The zero-order valence-corrected chi connectivity index (χ0v) is 12.8. The largest absolute Gasteiger partial charge is 0.493 e. The van der Waals surface area contributed by atoms with E-state index in [1.807, 2.05) is 13.8 Å². The molecule has 1 aromatic carbocycles. The molecule has 20 heavy (non-hydrogen) atoms. The Hall–Kier alpha value is -1.22. The number of hydrogen-bond donors (Lipinski definition) is 0. The molecule has 2 rings (SSSR count). The van der Waals surface area contributed by atoms with Crippen LogP contribution in [0.4, 0.5) is 0 Å². The molecule has 0 saturated heterocycles. The van der Waals surface area contributed by atoms with Crippen molar-refractivity contribution in [1.29, 1.82) is 0 Å². The van der Waals surface area contributed by atoms with Crippen molar-refractivity contribution in [3.8, 4) is 11.5 Å². The summed E-state index contributed by atoms with van der Waals surface area (Å²) in [6, 6.07) is 3.45. The van der Waals surface area contributed by atoms with Crippen LogP contribution in [0, 0.1) is 5.92 Å². The summed E-state index contributed by atoms with van der Waals surface area (Å²) in [7, 11) is 0. The van der Waals surface area contributed by atoms with Crippen molar-refractivity contribution in [3.63, 3.8) is 0 Å². The highest BCUT2D eigenvalue weighted by Crippen LogP contribution is 2.39. The lowest BCUT2D eigenvalue weighted by Gasteiger charge is -2.14. The molecular formula is C16H21ClO3. The molecule has 0 spiro atoms. The van der Waals surface area contributed by atoms with Gasteiger partial charge in [-0.05, 0) is 31.7 Å². The van der Waals surface area contributed by atoms with Gasteiger partial charge in [0, 0.05) is 12.0 Å².